The van der Waals surface area contributed by atoms with Gasteiger partial charge in [-0.05, 0) is 24.6 Å². The van der Waals surface area contributed by atoms with E-state index in [1.165, 1.54) is 4.90 Å². The van der Waals surface area contributed by atoms with Gasteiger partial charge in [-0.1, -0.05) is 0 Å². The van der Waals surface area contributed by atoms with Gasteiger partial charge in [-0.2, -0.15) is 0 Å². The second-order valence-corrected chi connectivity index (χ2v) is 3.92. The smallest absolute Gasteiger partial charge is 0.256 e. The standard InChI is InChI=1S/C11H12F2N2O/c12-7-1-2-10(13)9(5-7)11(16)15-4-3-8(14)6-15/h1-2,5,8H,3-4,6,14H2. The Labute approximate surface area is 91.8 Å². The number of likely N-dealkylation sites (tertiary alicyclic amines) is 1. The summed E-state index contributed by atoms with van der Waals surface area (Å²) < 4.78 is 26.2. The monoisotopic (exact) mass is 226 g/mol. The van der Waals surface area contributed by atoms with Gasteiger partial charge in [-0.25, -0.2) is 8.78 Å². The summed E-state index contributed by atoms with van der Waals surface area (Å²) in [7, 11) is 0. The second kappa shape index (κ2) is 4.17. The largest absolute Gasteiger partial charge is 0.337 e. The minimum atomic E-state index is -0.702. The first-order valence-corrected chi connectivity index (χ1v) is 5.08. The minimum absolute atomic E-state index is 0.0689. The van der Waals surface area contributed by atoms with Gasteiger partial charge in [-0.15, -0.1) is 0 Å². The summed E-state index contributed by atoms with van der Waals surface area (Å²) in [6, 6.07) is 2.79. The normalized spacial score (nSPS) is 20.2. The summed E-state index contributed by atoms with van der Waals surface area (Å²) >= 11 is 0. The van der Waals surface area contributed by atoms with Crippen molar-refractivity contribution >= 4 is 5.91 Å². The lowest BCUT2D eigenvalue weighted by molar-refractivity contribution is 0.0785. The SMILES string of the molecule is NC1CCN(C(=O)c2cc(F)ccc2F)C1. The fraction of sp³-hybridized carbons (Fsp3) is 0.364. The fourth-order valence-electron chi connectivity index (χ4n) is 1.80. The van der Waals surface area contributed by atoms with Gasteiger partial charge >= 0.3 is 0 Å². The molecule has 0 aliphatic carbocycles. The minimum Gasteiger partial charge on any atom is -0.337 e. The molecule has 16 heavy (non-hydrogen) atoms. The first-order valence-electron chi connectivity index (χ1n) is 5.08. The highest BCUT2D eigenvalue weighted by Crippen LogP contribution is 2.16. The van der Waals surface area contributed by atoms with Gasteiger partial charge in [-0.3, -0.25) is 4.79 Å². The van der Waals surface area contributed by atoms with Gasteiger partial charge in [0.15, 0.2) is 0 Å². The first kappa shape index (κ1) is 11.0. The van der Waals surface area contributed by atoms with Crippen molar-refractivity contribution in [2.24, 2.45) is 5.73 Å². The van der Waals surface area contributed by atoms with Crippen LogP contribution in [0.5, 0.6) is 0 Å². The predicted octanol–water partition coefficient (Wildman–Crippen LogP) is 1.14. The number of carbonyl (C=O) groups excluding carboxylic acids is 1. The Morgan fingerprint density at radius 1 is 1.44 bits per heavy atom. The Balaban J connectivity index is 2.23. The van der Waals surface area contributed by atoms with E-state index < -0.39 is 17.5 Å². The van der Waals surface area contributed by atoms with E-state index in [0.717, 1.165) is 18.2 Å². The van der Waals surface area contributed by atoms with E-state index in [9.17, 15) is 13.6 Å². The van der Waals surface area contributed by atoms with Crippen LogP contribution in [0.25, 0.3) is 0 Å². The van der Waals surface area contributed by atoms with Crippen LogP contribution in [0.4, 0.5) is 8.78 Å². The zero-order valence-corrected chi connectivity index (χ0v) is 8.62. The van der Waals surface area contributed by atoms with Crippen molar-refractivity contribution < 1.29 is 13.6 Å². The Hall–Kier alpha value is -1.49. The van der Waals surface area contributed by atoms with Gasteiger partial charge in [0.25, 0.3) is 5.91 Å². The van der Waals surface area contributed by atoms with Crippen LogP contribution in [0.1, 0.15) is 16.8 Å². The fourth-order valence-corrected chi connectivity index (χ4v) is 1.80. The van der Waals surface area contributed by atoms with E-state index in [2.05, 4.69) is 0 Å². The highest BCUT2D eigenvalue weighted by Gasteiger charge is 2.26. The van der Waals surface area contributed by atoms with Crippen LogP contribution in [0.15, 0.2) is 18.2 Å². The Morgan fingerprint density at radius 3 is 2.81 bits per heavy atom. The van der Waals surface area contributed by atoms with Crippen molar-refractivity contribution in [2.45, 2.75) is 12.5 Å². The van der Waals surface area contributed by atoms with Crippen LogP contribution in [0.2, 0.25) is 0 Å². The molecular formula is C11H12F2N2O. The highest BCUT2D eigenvalue weighted by molar-refractivity contribution is 5.94. The molecule has 1 aliphatic rings. The molecule has 1 heterocycles. The average Bonchev–Trinajstić information content (AvgIpc) is 2.67. The molecule has 1 saturated heterocycles. The number of benzene rings is 1. The van der Waals surface area contributed by atoms with Crippen molar-refractivity contribution in [3.8, 4) is 0 Å². The number of nitrogens with zero attached hydrogens (tertiary/aromatic N) is 1. The van der Waals surface area contributed by atoms with Crippen molar-refractivity contribution in [2.75, 3.05) is 13.1 Å². The van der Waals surface area contributed by atoms with Crippen molar-refractivity contribution in [1.29, 1.82) is 0 Å². The summed E-state index contributed by atoms with van der Waals surface area (Å²) in [6.45, 7) is 0.894. The van der Waals surface area contributed by atoms with Crippen molar-refractivity contribution in [3.05, 3.63) is 35.4 Å². The molecule has 0 saturated carbocycles. The van der Waals surface area contributed by atoms with Crippen LogP contribution < -0.4 is 5.73 Å². The molecule has 1 unspecified atom stereocenters. The molecule has 5 heteroatoms. The van der Waals surface area contributed by atoms with Gasteiger partial charge in [0.2, 0.25) is 0 Å². The third kappa shape index (κ3) is 2.04. The molecule has 1 fully saturated rings. The molecule has 1 amide bonds. The molecular weight excluding hydrogens is 214 g/mol. The Bertz CT molecular complexity index is 422. The summed E-state index contributed by atoms with van der Waals surface area (Å²) in [6.07, 6.45) is 0.697. The molecule has 1 aliphatic heterocycles. The first-order chi connectivity index (χ1) is 7.58. The van der Waals surface area contributed by atoms with Gasteiger partial charge in [0, 0.05) is 19.1 Å². The Morgan fingerprint density at radius 2 is 2.19 bits per heavy atom. The van der Waals surface area contributed by atoms with E-state index in [1.807, 2.05) is 0 Å². The molecule has 1 atom stereocenters. The van der Waals surface area contributed by atoms with Crippen LogP contribution in [0, 0.1) is 11.6 Å². The molecule has 0 radical (unpaired) electrons. The van der Waals surface area contributed by atoms with Crippen LogP contribution in [0.3, 0.4) is 0 Å². The number of rotatable bonds is 1. The number of hydrogen-bond donors (Lipinski definition) is 1. The third-order valence-corrected chi connectivity index (χ3v) is 2.67. The zero-order chi connectivity index (χ0) is 11.7. The number of hydrogen-bond acceptors (Lipinski definition) is 2. The predicted molar refractivity (Wildman–Crippen MR) is 54.9 cm³/mol. The molecule has 3 nitrogen and oxygen atoms in total. The maximum atomic E-state index is 13.3. The number of nitrogens with two attached hydrogens (primary N) is 1. The molecule has 2 rings (SSSR count). The van der Waals surface area contributed by atoms with Gasteiger partial charge in [0.05, 0.1) is 5.56 Å². The Kier molecular flexibility index (Phi) is 2.87. The van der Waals surface area contributed by atoms with Crippen LogP contribution in [-0.2, 0) is 0 Å². The lowest BCUT2D eigenvalue weighted by Gasteiger charge is -2.16. The van der Waals surface area contributed by atoms with Crippen LogP contribution in [-0.4, -0.2) is 29.9 Å². The van der Waals surface area contributed by atoms with E-state index in [4.69, 9.17) is 5.73 Å². The average molecular weight is 226 g/mol. The number of amides is 1. The van der Waals surface area contributed by atoms with E-state index in [-0.39, 0.29) is 11.6 Å². The highest BCUT2D eigenvalue weighted by atomic mass is 19.1. The van der Waals surface area contributed by atoms with Gasteiger partial charge < -0.3 is 10.6 Å². The molecule has 0 bridgehead atoms. The van der Waals surface area contributed by atoms with E-state index in [0.29, 0.717) is 19.5 Å². The molecule has 1 aromatic rings. The quantitative estimate of drug-likeness (QED) is 0.780. The number of halogens is 2. The summed E-state index contributed by atoms with van der Waals surface area (Å²) in [5.41, 5.74) is 5.42. The second-order valence-electron chi connectivity index (χ2n) is 3.92. The topological polar surface area (TPSA) is 46.3 Å². The molecule has 86 valence electrons. The molecule has 1 aromatic carbocycles. The lowest BCUT2D eigenvalue weighted by atomic mass is 10.2. The lowest BCUT2D eigenvalue weighted by Crippen LogP contribution is -2.32. The van der Waals surface area contributed by atoms with Crippen molar-refractivity contribution in [1.82, 2.24) is 4.90 Å². The zero-order valence-electron chi connectivity index (χ0n) is 8.62. The maximum absolute atomic E-state index is 13.3. The molecule has 2 N–H and O–H groups in total. The maximum Gasteiger partial charge on any atom is 0.256 e. The summed E-state index contributed by atoms with van der Waals surface area (Å²) in [5, 5.41) is 0. The van der Waals surface area contributed by atoms with Gasteiger partial charge in [0.1, 0.15) is 11.6 Å². The molecule has 0 spiro atoms. The van der Waals surface area contributed by atoms with E-state index >= 15 is 0 Å². The van der Waals surface area contributed by atoms with Crippen molar-refractivity contribution in [3.63, 3.8) is 0 Å². The number of carbonyl (C=O) groups is 1. The summed E-state index contributed by atoms with van der Waals surface area (Å²) in [4.78, 5) is 13.3. The summed E-state index contributed by atoms with van der Waals surface area (Å²) in [5.74, 6) is -1.81. The van der Waals surface area contributed by atoms with E-state index in [1.54, 1.807) is 0 Å². The molecule has 0 aromatic heterocycles. The third-order valence-electron chi connectivity index (χ3n) is 2.67. The van der Waals surface area contributed by atoms with Crippen LogP contribution >= 0.6 is 0 Å².